The van der Waals surface area contributed by atoms with Gasteiger partial charge >= 0.3 is 0 Å². The molecule has 0 fully saturated rings. The van der Waals surface area contributed by atoms with Gasteiger partial charge in [-0.05, 0) is 36.2 Å². The van der Waals surface area contributed by atoms with Crippen LogP contribution in [0.1, 0.15) is 5.56 Å². The summed E-state index contributed by atoms with van der Waals surface area (Å²) in [6.07, 6.45) is 1.11. The van der Waals surface area contributed by atoms with Crippen molar-refractivity contribution >= 4 is 21.6 Å². The highest BCUT2D eigenvalue weighted by Crippen LogP contribution is 2.11. The smallest absolute Gasteiger partial charge is 0.239 e. The van der Waals surface area contributed by atoms with E-state index in [1.54, 1.807) is 18.2 Å². The van der Waals surface area contributed by atoms with E-state index in [9.17, 15) is 22.0 Å². The fourth-order valence-electron chi connectivity index (χ4n) is 2.24. The van der Waals surface area contributed by atoms with Gasteiger partial charge in [0, 0.05) is 12.2 Å². The SMILES string of the molecule is CS(=O)(=O)N(CCc1ccccc1F)CC(=O)Nc1cccc(F)c1. The maximum Gasteiger partial charge on any atom is 0.239 e. The van der Waals surface area contributed by atoms with E-state index in [0.717, 1.165) is 16.6 Å². The standard InChI is InChI=1S/C17H18F2N2O3S/c1-25(23,24)21(10-9-13-5-2-3-8-16(13)19)12-17(22)20-15-7-4-6-14(18)11-15/h2-8,11H,9-10,12H2,1H3,(H,20,22). The molecular formula is C17H18F2N2O3S. The lowest BCUT2D eigenvalue weighted by Gasteiger charge is -2.19. The van der Waals surface area contributed by atoms with Crippen molar-refractivity contribution in [3.63, 3.8) is 0 Å². The number of nitrogens with zero attached hydrogens (tertiary/aromatic N) is 1. The predicted octanol–water partition coefficient (Wildman–Crippen LogP) is 2.41. The third-order valence-corrected chi connectivity index (χ3v) is 4.74. The zero-order chi connectivity index (χ0) is 18.4. The maximum absolute atomic E-state index is 13.6. The van der Waals surface area contributed by atoms with Crippen LogP contribution in [0.2, 0.25) is 0 Å². The third kappa shape index (κ3) is 5.91. The Labute approximate surface area is 145 Å². The highest BCUT2D eigenvalue weighted by Gasteiger charge is 2.20. The highest BCUT2D eigenvalue weighted by molar-refractivity contribution is 7.88. The number of nitrogens with one attached hydrogen (secondary N) is 1. The molecule has 0 aliphatic carbocycles. The fraction of sp³-hybridized carbons (Fsp3) is 0.235. The molecule has 0 bridgehead atoms. The minimum atomic E-state index is -3.67. The van der Waals surface area contributed by atoms with E-state index in [4.69, 9.17) is 0 Å². The van der Waals surface area contributed by atoms with Gasteiger partial charge < -0.3 is 5.32 Å². The van der Waals surface area contributed by atoms with Crippen molar-refractivity contribution in [2.45, 2.75) is 6.42 Å². The molecule has 0 saturated carbocycles. The van der Waals surface area contributed by atoms with Crippen molar-refractivity contribution in [3.8, 4) is 0 Å². The van der Waals surface area contributed by atoms with Crippen molar-refractivity contribution in [3.05, 3.63) is 65.7 Å². The molecule has 25 heavy (non-hydrogen) atoms. The van der Waals surface area contributed by atoms with Crippen LogP contribution in [0.25, 0.3) is 0 Å². The molecule has 5 nitrogen and oxygen atoms in total. The lowest BCUT2D eigenvalue weighted by atomic mass is 10.1. The second-order valence-electron chi connectivity index (χ2n) is 5.50. The molecule has 0 atom stereocenters. The van der Waals surface area contributed by atoms with Crippen LogP contribution in [-0.2, 0) is 21.2 Å². The number of carbonyl (C=O) groups is 1. The predicted molar refractivity (Wildman–Crippen MR) is 91.6 cm³/mol. The van der Waals surface area contributed by atoms with Gasteiger partial charge in [0.1, 0.15) is 11.6 Å². The minimum absolute atomic E-state index is 0.0453. The highest BCUT2D eigenvalue weighted by atomic mass is 32.2. The summed E-state index contributed by atoms with van der Waals surface area (Å²) < 4.78 is 51.5. The Kier molecular flexibility index (Phi) is 6.22. The number of sulfonamides is 1. The van der Waals surface area contributed by atoms with Crippen LogP contribution in [0, 0.1) is 11.6 Å². The number of hydrogen-bond donors (Lipinski definition) is 1. The van der Waals surface area contributed by atoms with Crippen molar-refractivity contribution < 1.29 is 22.0 Å². The fourth-order valence-corrected chi connectivity index (χ4v) is 3.01. The van der Waals surface area contributed by atoms with E-state index in [1.165, 1.54) is 24.3 Å². The van der Waals surface area contributed by atoms with Gasteiger partial charge in [0.15, 0.2) is 0 Å². The summed E-state index contributed by atoms with van der Waals surface area (Å²) >= 11 is 0. The summed E-state index contributed by atoms with van der Waals surface area (Å²) in [6.45, 7) is -0.486. The topological polar surface area (TPSA) is 66.5 Å². The van der Waals surface area contributed by atoms with Gasteiger partial charge in [-0.3, -0.25) is 4.79 Å². The van der Waals surface area contributed by atoms with Gasteiger partial charge in [0.2, 0.25) is 15.9 Å². The van der Waals surface area contributed by atoms with E-state index in [2.05, 4.69) is 5.32 Å². The zero-order valence-electron chi connectivity index (χ0n) is 13.6. The molecule has 0 saturated heterocycles. The van der Waals surface area contributed by atoms with Gasteiger partial charge in [0.05, 0.1) is 12.8 Å². The molecule has 2 aromatic carbocycles. The normalized spacial score (nSPS) is 11.5. The molecule has 0 aliphatic heterocycles. The molecule has 0 radical (unpaired) electrons. The van der Waals surface area contributed by atoms with E-state index in [1.807, 2.05) is 0 Å². The molecule has 1 amide bonds. The first-order valence-corrected chi connectivity index (χ1v) is 9.34. The van der Waals surface area contributed by atoms with Crippen LogP contribution < -0.4 is 5.32 Å². The summed E-state index contributed by atoms with van der Waals surface area (Å²) in [5.74, 6) is -1.55. The lowest BCUT2D eigenvalue weighted by Crippen LogP contribution is -2.38. The van der Waals surface area contributed by atoms with E-state index >= 15 is 0 Å². The second-order valence-corrected chi connectivity index (χ2v) is 7.48. The summed E-state index contributed by atoms with van der Waals surface area (Å²) in [6, 6.07) is 11.3. The number of carbonyl (C=O) groups excluding carboxylic acids is 1. The van der Waals surface area contributed by atoms with E-state index in [-0.39, 0.29) is 18.7 Å². The first kappa shape index (κ1) is 19.0. The Morgan fingerprint density at radius 3 is 2.48 bits per heavy atom. The number of hydrogen-bond acceptors (Lipinski definition) is 3. The number of halogens is 2. The average molecular weight is 368 g/mol. The number of benzene rings is 2. The number of amides is 1. The van der Waals surface area contributed by atoms with Gasteiger partial charge in [-0.1, -0.05) is 24.3 Å². The third-order valence-electron chi connectivity index (χ3n) is 3.49. The van der Waals surface area contributed by atoms with E-state index < -0.39 is 34.1 Å². The van der Waals surface area contributed by atoms with Gasteiger partial charge in [-0.25, -0.2) is 17.2 Å². The molecule has 0 unspecified atom stereocenters. The quantitative estimate of drug-likeness (QED) is 0.816. The number of anilines is 1. The van der Waals surface area contributed by atoms with Gasteiger partial charge in [0.25, 0.3) is 0 Å². The van der Waals surface area contributed by atoms with Crippen LogP contribution in [-0.4, -0.2) is 38.0 Å². The molecular weight excluding hydrogens is 350 g/mol. The molecule has 2 rings (SSSR count). The molecule has 1 N–H and O–H groups in total. The Hall–Kier alpha value is -2.32. The first-order valence-electron chi connectivity index (χ1n) is 7.49. The van der Waals surface area contributed by atoms with Crippen molar-refractivity contribution in [2.24, 2.45) is 0 Å². The lowest BCUT2D eigenvalue weighted by molar-refractivity contribution is -0.116. The summed E-state index contributed by atoms with van der Waals surface area (Å²) in [5, 5.41) is 2.44. The van der Waals surface area contributed by atoms with Gasteiger partial charge in [-0.2, -0.15) is 4.31 Å². The molecule has 2 aromatic rings. The van der Waals surface area contributed by atoms with Crippen LogP contribution in [0.15, 0.2) is 48.5 Å². The van der Waals surface area contributed by atoms with E-state index in [0.29, 0.717) is 5.56 Å². The largest absolute Gasteiger partial charge is 0.325 e. The zero-order valence-corrected chi connectivity index (χ0v) is 14.4. The number of rotatable bonds is 7. The Balaban J connectivity index is 2.03. The molecule has 0 spiro atoms. The monoisotopic (exact) mass is 368 g/mol. The summed E-state index contributed by atoms with van der Waals surface area (Å²) in [7, 11) is -3.67. The maximum atomic E-state index is 13.6. The molecule has 0 heterocycles. The van der Waals surface area contributed by atoms with Gasteiger partial charge in [-0.15, -0.1) is 0 Å². The Morgan fingerprint density at radius 1 is 1.12 bits per heavy atom. The Bertz CT molecular complexity index is 856. The van der Waals surface area contributed by atoms with Crippen LogP contribution in [0.3, 0.4) is 0 Å². The molecule has 0 aliphatic rings. The van der Waals surface area contributed by atoms with Crippen molar-refractivity contribution in [1.82, 2.24) is 4.31 Å². The van der Waals surface area contributed by atoms with Crippen LogP contribution in [0.5, 0.6) is 0 Å². The van der Waals surface area contributed by atoms with Crippen molar-refractivity contribution in [1.29, 1.82) is 0 Å². The summed E-state index contributed by atoms with van der Waals surface area (Å²) in [4.78, 5) is 12.0. The molecule has 8 heteroatoms. The Morgan fingerprint density at radius 2 is 1.84 bits per heavy atom. The summed E-state index contributed by atoms with van der Waals surface area (Å²) in [5.41, 5.74) is 0.592. The van der Waals surface area contributed by atoms with Crippen LogP contribution >= 0.6 is 0 Å². The molecule has 0 aromatic heterocycles. The second kappa shape index (κ2) is 8.17. The molecule has 134 valence electrons. The minimum Gasteiger partial charge on any atom is -0.325 e. The van der Waals surface area contributed by atoms with Crippen LogP contribution in [0.4, 0.5) is 14.5 Å². The van der Waals surface area contributed by atoms with Crippen molar-refractivity contribution in [2.75, 3.05) is 24.7 Å². The first-order chi connectivity index (χ1) is 11.8. The average Bonchev–Trinajstić information content (AvgIpc) is 2.51.